The predicted octanol–water partition coefficient (Wildman–Crippen LogP) is 13.9. The quantitative estimate of drug-likeness (QED) is 0.172. The Bertz CT molecular complexity index is 3210. The highest BCUT2D eigenvalue weighted by molar-refractivity contribution is 6.14. The Balaban J connectivity index is 1.06. The number of rotatable bonds is 6. The summed E-state index contributed by atoms with van der Waals surface area (Å²) < 4.78 is 12.9. The second kappa shape index (κ2) is 12.6. The van der Waals surface area contributed by atoms with Gasteiger partial charge in [-0.1, -0.05) is 115 Å². The molecule has 0 bridgehead atoms. The summed E-state index contributed by atoms with van der Waals surface area (Å²) in [6.07, 6.45) is 0. The van der Waals surface area contributed by atoms with Gasteiger partial charge in [0.15, 0.2) is 5.82 Å². The lowest BCUT2D eigenvalue weighted by molar-refractivity contribution is 0.669. The molecule has 11 aromatic rings. The van der Waals surface area contributed by atoms with Crippen molar-refractivity contribution in [2.24, 2.45) is 0 Å². The lowest BCUT2D eigenvalue weighted by Gasteiger charge is -2.26. The van der Waals surface area contributed by atoms with Crippen LogP contribution < -0.4 is 4.90 Å². The molecule has 0 atom stereocenters. The SMILES string of the molecule is c1ccc(-c2cc(-c3cccc4ccccc34)nc(-c3ccc4oc5cc(N(c6ccccc6)c6cccc7oc8ccccc8c67)ccc5c4c3)n2)cc1. The molecular formula is C50H31N3O2. The fourth-order valence-corrected chi connectivity index (χ4v) is 7.91. The molecule has 0 radical (unpaired) electrons. The lowest BCUT2D eigenvalue weighted by Crippen LogP contribution is -2.10. The normalized spacial score (nSPS) is 11.6. The first-order chi connectivity index (χ1) is 27.2. The van der Waals surface area contributed by atoms with Crippen molar-refractivity contribution >= 4 is 71.7 Å². The van der Waals surface area contributed by atoms with Crippen LogP contribution in [-0.4, -0.2) is 9.97 Å². The molecule has 0 aliphatic carbocycles. The van der Waals surface area contributed by atoms with Crippen LogP contribution in [0.15, 0.2) is 197 Å². The predicted molar refractivity (Wildman–Crippen MR) is 225 cm³/mol. The van der Waals surface area contributed by atoms with Crippen LogP contribution >= 0.6 is 0 Å². The summed E-state index contributed by atoms with van der Waals surface area (Å²) in [6, 6.07) is 64.8. The Hall–Kier alpha value is -7.50. The van der Waals surface area contributed by atoms with Gasteiger partial charge in [-0.25, -0.2) is 9.97 Å². The van der Waals surface area contributed by atoms with E-state index < -0.39 is 0 Å². The maximum Gasteiger partial charge on any atom is 0.160 e. The monoisotopic (exact) mass is 705 g/mol. The smallest absolute Gasteiger partial charge is 0.160 e. The summed E-state index contributed by atoms with van der Waals surface area (Å²) >= 11 is 0. The number of anilines is 3. The summed E-state index contributed by atoms with van der Waals surface area (Å²) in [4.78, 5) is 12.6. The number of hydrogen-bond acceptors (Lipinski definition) is 5. The molecular weight excluding hydrogens is 675 g/mol. The van der Waals surface area contributed by atoms with Gasteiger partial charge < -0.3 is 13.7 Å². The molecule has 5 heteroatoms. The number of benzene rings is 8. The molecule has 8 aromatic carbocycles. The van der Waals surface area contributed by atoms with Gasteiger partial charge in [0.05, 0.1) is 22.5 Å². The first-order valence-electron chi connectivity index (χ1n) is 18.4. The zero-order valence-electron chi connectivity index (χ0n) is 29.6. The van der Waals surface area contributed by atoms with Crippen molar-refractivity contribution in [3.63, 3.8) is 0 Å². The van der Waals surface area contributed by atoms with Crippen molar-refractivity contribution in [2.45, 2.75) is 0 Å². The Morgan fingerprint density at radius 3 is 1.96 bits per heavy atom. The van der Waals surface area contributed by atoms with Crippen molar-refractivity contribution < 1.29 is 8.83 Å². The third-order valence-corrected chi connectivity index (χ3v) is 10.5. The van der Waals surface area contributed by atoms with Crippen molar-refractivity contribution in [1.82, 2.24) is 9.97 Å². The zero-order chi connectivity index (χ0) is 36.3. The largest absolute Gasteiger partial charge is 0.456 e. The molecule has 55 heavy (non-hydrogen) atoms. The van der Waals surface area contributed by atoms with E-state index in [1.165, 1.54) is 5.39 Å². The van der Waals surface area contributed by atoms with E-state index in [0.29, 0.717) is 5.82 Å². The minimum Gasteiger partial charge on any atom is -0.456 e. The Morgan fingerprint density at radius 1 is 0.382 bits per heavy atom. The third kappa shape index (κ3) is 5.24. The molecule has 0 fully saturated rings. The van der Waals surface area contributed by atoms with Crippen molar-refractivity contribution in [3.05, 3.63) is 188 Å². The molecule has 11 rings (SSSR count). The van der Waals surface area contributed by atoms with Gasteiger partial charge in [0, 0.05) is 50.3 Å². The van der Waals surface area contributed by atoms with Gasteiger partial charge in [0.2, 0.25) is 0 Å². The highest BCUT2D eigenvalue weighted by atomic mass is 16.3. The number of furan rings is 2. The van der Waals surface area contributed by atoms with Gasteiger partial charge in [0.25, 0.3) is 0 Å². The van der Waals surface area contributed by atoms with Gasteiger partial charge in [-0.15, -0.1) is 0 Å². The maximum atomic E-state index is 6.60. The van der Waals surface area contributed by atoms with Crippen LogP contribution in [0.5, 0.6) is 0 Å². The molecule has 0 unspecified atom stereocenters. The topological polar surface area (TPSA) is 55.3 Å². The summed E-state index contributed by atoms with van der Waals surface area (Å²) in [6.45, 7) is 0. The highest BCUT2D eigenvalue weighted by Crippen LogP contribution is 2.44. The molecule has 258 valence electrons. The fraction of sp³-hybridized carbons (Fsp3) is 0. The van der Waals surface area contributed by atoms with E-state index in [1.807, 2.05) is 48.5 Å². The molecule has 0 saturated carbocycles. The van der Waals surface area contributed by atoms with Gasteiger partial charge in [-0.3, -0.25) is 0 Å². The number of para-hydroxylation sites is 2. The zero-order valence-corrected chi connectivity index (χ0v) is 29.6. The van der Waals surface area contributed by atoms with Gasteiger partial charge in [0.1, 0.15) is 22.3 Å². The second-order valence-electron chi connectivity index (χ2n) is 13.8. The summed E-state index contributed by atoms with van der Waals surface area (Å²) in [5.41, 5.74) is 11.1. The average molecular weight is 706 g/mol. The molecule has 3 aromatic heterocycles. The minimum atomic E-state index is 0.660. The molecule has 0 spiro atoms. The molecule has 5 nitrogen and oxygen atoms in total. The van der Waals surface area contributed by atoms with Crippen molar-refractivity contribution in [3.8, 4) is 33.9 Å². The van der Waals surface area contributed by atoms with E-state index >= 15 is 0 Å². The van der Waals surface area contributed by atoms with E-state index in [0.717, 1.165) is 94.4 Å². The fourth-order valence-electron chi connectivity index (χ4n) is 7.91. The van der Waals surface area contributed by atoms with Gasteiger partial charge in [-0.05, 0) is 77.5 Å². The Kier molecular flexibility index (Phi) is 7.10. The molecule has 0 aliphatic heterocycles. The van der Waals surface area contributed by atoms with Crippen LogP contribution in [0.2, 0.25) is 0 Å². The van der Waals surface area contributed by atoms with Crippen molar-refractivity contribution in [2.75, 3.05) is 4.90 Å². The van der Waals surface area contributed by atoms with E-state index in [-0.39, 0.29) is 0 Å². The van der Waals surface area contributed by atoms with Crippen LogP contribution in [0.3, 0.4) is 0 Å². The molecule has 0 N–H and O–H groups in total. The second-order valence-corrected chi connectivity index (χ2v) is 13.8. The molecule has 0 amide bonds. The van der Waals surface area contributed by atoms with E-state index in [9.17, 15) is 0 Å². The third-order valence-electron chi connectivity index (χ3n) is 10.5. The maximum absolute atomic E-state index is 6.60. The van der Waals surface area contributed by atoms with Crippen molar-refractivity contribution in [1.29, 1.82) is 0 Å². The van der Waals surface area contributed by atoms with Crippen LogP contribution in [0.4, 0.5) is 17.1 Å². The molecule has 0 saturated heterocycles. The standard InChI is InChI=1S/C50H31N3O2/c1-3-14-33(15-4-1)42-31-43(38-21-11-16-32-13-7-8-19-37(32)38)52-50(51-42)34-25-28-46-41(29-34)39-27-26-36(30-48(39)55-46)53(35-17-5-2-6-18-35)44-22-12-24-47-49(44)40-20-9-10-23-45(40)54-47/h1-31H. The van der Waals surface area contributed by atoms with E-state index in [4.69, 9.17) is 18.8 Å². The van der Waals surface area contributed by atoms with Crippen LogP contribution in [0.1, 0.15) is 0 Å². The van der Waals surface area contributed by atoms with Crippen LogP contribution in [-0.2, 0) is 0 Å². The first kappa shape index (κ1) is 31.1. The summed E-state index contributed by atoms with van der Waals surface area (Å²) in [5.74, 6) is 0.660. The van der Waals surface area contributed by atoms with E-state index in [1.54, 1.807) is 0 Å². The number of hydrogen-bond donors (Lipinski definition) is 0. The molecule has 0 aliphatic rings. The highest BCUT2D eigenvalue weighted by Gasteiger charge is 2.21. The summed E-state index contributed by atoms with van der Waals surface area (Å²) in [7, 11) is 0. The van der Waals surface area contributed by atoms with Gasteiger partial charge in [-0.2, -0.15) is 0 Å². The number of fused-ring (bicyclic) bond motifs is 7. The number of aromatic nitrogens is 2. The van der Waals surface area contributed by atoms with Crippen LogP contribution in [0, 0.1) is 0 Å². The number of nitrogens with zero attached hydrogens (tertiary/aromatic N) is 3. The summed E-state index contributed by atoms with van der Waals surface area (Å²) in [5, 5.41) is 6.50. The lowest BCUT2D eigenvalue weighted by atomic mass is 10.0. The Labute approximate surface area is 316 Å². The van der Waals surface area contributed by atoms with Crippen LogP contribution in [0.25, 0.3) is 88.6 Å². The Morgan fingerprint density at radius 2 is 1.07 bits per heavy atom. The van der Waals surface area contributed by atoms with E-state index in [2.05, 4.69) is 144 Å². The minimum absolute atomic E-state index is 0.660. The first-order valence-corrected chi connectivity index (χ1v) is 18.4. The molecule has 3 heterocycles. The average Bonchev–Trinajstić information content (AvgIpc) is 3.82. The van der Waals surface area contributed by atoms with Gasteiger partial charge >= 0.3 is 0 Å².